The predicted octanol–water partition coefficient (Wildman–Crippen LogP) is 1.47. The summed E-state index contributed by atoms with van der Waals surface area (Å²) in [5.74, 6) is -0.297. The summed E-state index contributed by atoms with van der Waals surface area (Å²) in [4.78, 5) is 11.2. The van der Waals surface area contributed by atoms with E-state index in [1.165, 1.54) is 6.07 Å². The maximum Gasteiger partial charge on any atom is 0.224 e. The molecule has 4 nitrogen and oxygen atoms in total. The van der Waals surface area contributed by atoms with E-state index in [9.17, 15) is 9.18 Å². The molecule has 0 spiro atoms. The van der Waals surface area contributed by atoms with Crippen molar-refractivity contribution >= 4 is 17.3 Å². The molecule has 1 heterocycles. The van der Waals surface area contributed by atoms with Crippen molar-refractivity contribution in [3.8, 4) is 0 Å². The third-order valence-corrected chi connectivity index (χ3v) is 2.78. The van der Waals surface area contributed by atoms with Crippen molar-refractivity contribution in [1.29, 1.82) is 0 Å². The van der Waals surface area contributed by atoms with Gasteiger partial charge in [0.05, 0.1) is 5.69 Å². The van der Waals surface area contributed by atoms with Gasteiger partial charge in [-0.2, -0.15) is 0 Å². The number of halogens is 1. The van der Waals surface area contributed by atoms with Gasteiger partial charge in [-0.15, -0.1) is 0 Å². The highest BCUT2D eigenvalue weighted by molar-refractivity contribution is 5.94. The van der Waals surface area contributed by atoms with Crippen molar-refractivity contribution in [3.63, 3.8) is 0 Å². The Kier molecular flexibility index (Phi) is 3.58. The zero-order valence-electron chi connectivity index (χ0n) is 9.55. The molecule has 5 heteroatoms. The minimum atomic E-state index is -0.281. The fourth-order valence-corrected chi connectivity index (χ4v) is 1.86. The molecule has 17 heavy (non-hydrogen) atoms. The Morgan fingerprint density at radius 2 is 2.24 bits per heavy atom. The van der Waals surface area contributed by atoms with Crippen LogP contribution in [0.3, 0.4) is 0 Å². The topological polar surface area (TPSA) is 67.1 Å². The molecule has 1 amide bonds. The lowest BCUT2D eigenvalue weighted by Crippen LogP contribution is -2.19. The van der Waals surface area contributed by atoms with Crippen molar-refractivity contribution in [2.24, 2.45) is 5.73 Å². The molecule has 0 atom stereocenters. The first-order chi connectivity index (χ1) is 8.20. The number of fused-ring (bicyclic) bond motifs is 1. The molecule has 1 aromatic carbocycles. The Morgan fingerprint density at radius 3 is 3.00 bits per heavy atom. The van der Waals surface area contributed by atoms with Crippen LogP contribution in [0.5, 0.6) is 0 Å². The molecule has 92 valence electrons. The van der Waals surface area contributed by atoms with Crippen LogP contribution >= 0.6 is 0 Å². The highest BCUT2D eigenvalue weighted by Crippen LogP contribution is 2.28. The molecule has 0 aromatic heterocycles. The standard InChI is InChI=1S/C12H16FN3O/c13-9-6-8-2-3-12(17)16-10(8)7-11(9)15-5-1-4-14/h6-7,15H,1-5,14H2,(H,16,17). The lowest BCUT2D eigenvalue weighted by atomic mass is 10.0. The summed E-state index contributed by atoms with van der Waals surface area (Å²) < 4.78 is 13.7. The van der Waals surface area contributed by atoms with Gasteiger partial charge in [-0.05, 0) is 37.1 Å². The van der Waals surface area contributed by atoms with Gasteiger partial charge in [-0.3, -0.25) is 4.79 Å². The van der Waals surface area contributed by atoms with Crippen LogP contribution in [0.1, 0.15) is 18.4 Å². The molecule has 0 unspecified atom stereocenters. The largest absolute Gasteiger partial charge is 0.383 e. The molecule has 4 N–H and O–H groups in total. The van der Waals surface area contributed by atoms with E-state index in [0.29, 0.717) is 37.3 Å². The van der Waals surface area contributed by atoms with Crippen LogP contribution in [0.4, 0.5) is 15.8 Å². The third kappa shape index (κ3) is 2.74. The maximum absolute atomic E-state index is 13.7. The van der Waals surface area contributed by atoms with Gasteiger partial charge in [0.15, 0.2) is 0 Å². The molecular formula is C12H16FN3O. The Balaban J connectivity index is 2.17. The number of amides is 1. The van der Waals surface area contributed by atoms with Crippen molar-refractivity contribution in [2.75, 3.05) is 23.7 Å². The normalized spacial score (nSPS) is 14.1. The number of rotatable bonds is 4. The van der Waals surface area contributed by atoms with Crippen molar-refractivity contribution in [1.82, 2.24) is 0 Å². The molecule has 0 saturated heterocycles. The fourth-order valence-electron chi connectivity index (χ4n) is 1.86. The Hall–Kier alpha value is -1.62. The molecule has 0 bridgehead atoms. The van der Waals surface area contributed by atoms with E-state index in [-0.39, 0.29) is 11.7 Å². The second-order valence-electron chi connectivity index (χ2n) is 4.11. The lowest BCUT2D eigenvalue weighted by molar-refractivity contribution is -0.116. The first-order valence-electron chi connectivity index (χ1n) is 5.77. The average Bonchev–Trinajstić information content (AvgIpc) is 2.31. The second kappa shape index (κ2) is 5.14. The highest BCUT2D eigenvalue weighted by Gasteiger charge is 2.17. The quantitative estimate of drug-likeness (QED) is 0.695. The number of anilines is 2. The zero-order valence-corrected chi connectivity index (χ0v) is 9.55. The van der Waals surface area contributed by atoms with Crippen molar-refractivity contribution < 1.29 is 9.18 Å². The molecule has 0 aliphatic carbocycles. The van der Waals surface area contributed by atoms with Crippen LogP contribution in [-0.2, 0) is 11.2 Å². The van der Waals surface area contributed by atoms with Crippen molar-refractivity contribution in [2.45, 2.75) is 19.3 Å². The summed E-state index contributed by atoms with van der Waals surface area (Å²) >= 11 is 0. The van der Waals surface area contributed by atoms with E-state index < -0.39 is 0 Å². The van der Waals surface area contributed by atoms with Gasteiger partial charge in [0.1, 0.15) is 5.82 Å². The monoisotopic (exact) mass is 237 g/mol. The lowest BCUT2D eigenvalue weighted by Gasteiger charge is -2.18. The minimum Gasteiger partial charge on any atom is -0.383 e. The fraction of sp³-hybridized carbons (Fsp3) is 0.417. The molecule has 1 aliphatic heterocycles. The van der Waals surface area contributed by atoms with E-state index in [1.807, 2.05) is 0 Å². The first kappa shape index (κ1) is 11.9. The predicted molar refractivity (Wildman–Crippen MR) is 65.5 cm³/mol. The van der Waals surface area contributed by atoms with Crippen molar-refractivity contribution in [3.05, 3.63) is 23.5 Å². The summed E-state index contributed by atoms with van der Waals surface area (Å²) in [5.41, 5.74) is 7.34. The summed E-state index contributed by atoms with van der Waals surface area (Å²) in [6.45, 7) is 1.19. The number of benzene rings is 1. The SMILES string of the molecule is NCCCNc1cc2c(cc1F)CCC(=O)N2. The number of aryl methyl sites for hydroxylation is 1. The number of carbonyl (C=O) groups excluding carboxylic acids is 1. The van der Waals surface area contributed by atoms with Crippen LogP contribution in [0.2, 0.25) is 0 Å². The van der Waals surface area contributed by atoms with Gasteiger partial charge >= 0.3 is 0 Å². The second-order valence-corrected chi connectivity index (χ2v) is 4.11. The molecule has 1 aliphatic rings. The number of hydrogen-bond acceptors (Lipinski definition) is 3. The van der Waals surface area contributed by atoms with Crippen LogP contribution in [0.25, 0.3) is 0 Å². The Bertz CT molecular complexity index is 434. The van der Waals surface area contributed by atoms with E-state index in [0.717, 1.165) is 12.0 Å². The van der Waals surface area contributed by atoms with Gasteiger partial charge in [0.25, 0.3) is 0 Å². The van der Waals surface area contributed by atoms with Crippen LogP contribution < -0.4 is 16.4 Å². The summed E-state index contributed by atoms with van der Waals surface area (Å²) in [5, 5.41) is 5.72. The summed E-state index contributed by atoms with van der Waals surface area (Å²) in [6.07, 6.45) is 1.80. The average molecular weight is 237 g/mol. The third-order valence-electron chi connectivity index (χ3n) is 2.78. The highest BCUT2D eigenvalue weighted by atomic mass is 19.1. The molecule has 1 aromatic rings. The van der Waals surface area contributed by atoms with Gasteiger partial charge in [-0.1, -0.05) is 0 Å². The minimum absolute atomic E-state index is 0.0167. The molecular weight excluding hydrogens is 221 g/mol. The van der Waals surface area contributed by atoms with Gasteiger partial charge in [0, 0.05) is 18.7 Å². The summed E-state index contributed by atoms with van der Waals surface area (Å²) in [7, 11) is 0. The number of nitrogens with two attached hydrogens (primary N) is 1. The molecule has 0 fully saturated rings. The van der Waals surface area contributed by atoms with Gasteiger partial charge in [0.2, 0.25) is 5.91 Å². The first-order valence-corrected chi connectivity index (χ1v) is 5.77. The smallest absolute Gasteiger partial charge is 0.224 e. The van der Waals surface area contributed by atoms with Crippen LogP contribution in [-0.4, -0.2) is 19.0 Å². The number of carbonyl (C=O) groups is 1. The maximum atomic E-state index is 13.7. The molecule has 0 radical (unpaired) electrons. The number of nitrogens with one attached hydrogen (secondary N) is 2. The van der Waals surface area contributed by atoms with E-state index in [2.05, 4.69) is 10.6 Å². The molecule has 2 rings (SSSR count). The van der Waals surface area contributed by atoms with E-state index in [1.54, 1.807) is 6.07 Å². The van der Waals surface area contributed by atoms with Gasteiger partial charge < -0.3 is 16.4 Å². The number of hydrogen-bond donors (Lipinski definition) is 3. The van der Waals surface area contributed by atoms with Gasteiger partial charge in [-0.25, -0.2) is 4.39 Å². The van der Waals surface area contributed by atoms with Crippen LogP contribution in [0, 0.1) is 5.82 Å². The van der Waals surface area contributed by atoms with Crippen LogP contribution in [0.15, 0.2) is 12.1 Å². The Labute approximate surface area is 99.4 Å². The zero-order chi connectivity index (χ0) is 12.3. The molecule has 0 saturated carbocycles. The van der Waals surface area contributed by atoms with E-state index >= 15 is 0 Å². The summed E-state index contributed by atoms with van der Waals surface area (Å²) in [6, 6.07) is 3.14. The Morgan fingerprint density at radius 1 is 1.41 bits per heavy atom. The van der Waals surface area contributed by atoms with E-state index in [4.69, 9.17) is 5.73 Å².